The van der Waals surface area contributed by atoms with Crippen LogP contribution in [0.15, 0.2) is 0 Å². The lowest BCUT2D eigenvalue weighted by Gasteiger charge is -2.35. The predicted molar refractivity (Wildman–Crippen MR) is 50.7 cm³/mol. The maximum Gasteiger partial charge on any atom is 0.0864 e. The second-order valence-corrected chi connectivity index (χ2v) is 4.39. The minimum Gasteiger partial charge on any atom is -0.368 e. The van der Waals surface area contributed by atoms with Crippen LogP contribution in [0.3, 0.4) is 0 Å². The zero-order valence-electron chi connectivity index (χ0n) is 7.63. The van der Waals surface area contributed by atoms with Crippen LogP contribution >= 0.6 is 8.58 Å². The van der Waals surface area contributed by atoms with Crippen molar-refractivity contribution in [3.8, 4) is 0 Å². The summed E-state index contributed by atoms with van der Waals surface area (Å²) in [7, 11) is 3.10. The van der Waals surface area contributed by atoms with E-state index >= 15 is 0 Å². The van der Waals surface area contributed by atoms with Gasteiger partial charge in [-0.2, -0.15) is 0 Å². The van der Waals surface area contributed by atoms with Crippen LogP contribution in [0.4, 0.5) is 0 Å². The molecule has 0 N–H and O–H groups in total. The fourth-order valence-corrected chi connectivity index (χ4v) is 2.23. The van der Waals surface area contributed by atoms with Crippen molar-refractivity contribution in [2.45, 2.75) is 25.3 Å². The number of ether oxygens (including phenoxy) is 1. The number of nitrogens with zero attached hydrogens (tertiary/aromatic N) is 1. The summed E-state index contributed by atoms with van der Waals surface area (Å²) in [6.07, 6.45) is 1.62. The van der Waals surface area contributed by atoms with E-state index in [1.54, 1.807) is 0 Å². The van der Waals surface area contributed by atoms with E-state index in [-0.39, 0.29) is 0 Å². The van der Waals surface area contributed by atoms with Gasteiger partial charge in [0.25, 0.3) is 0 Å². The van der Waals surface area contributed by atoms with Gasteiger partial charge in [-0.25, -0.2) is 0 Å². The van der Waals surface area contributed by atoms with E-state index in [0.717, 1.165) is 28.1 Å². The third-order valence-electron chi connectivity index (χ3n) is 2.13. The van der Waals surface area contributed by atoms with Crippen LogP contribution in [0.25, 0.3) is 0 Å². The summed E-state index contributed by atoms with van der Waals surface area (Å²) in [5.41, 5.74) is 0. The van der Waals surface area contributed by atoms with Gasteiger partial charge < -0.3 is 9.64 Å². The largest absolute Gasteiger partial charge is 0.368 e. The highest BCUT2D eigenvalue weighted by Gasteiger charge is 2.22. The van der Waals surface area contributed by atoms with E-state index in [9.17, 15) is 0 Å². The molecule has 1 aliphatic rings. The van der Waals surface area contributed by atoms with Crippen LogP contribution in [0, 0.1) is 0 Å². The van der Waals surface area contributed by atoms with E-state index in [2.05, 4.69) is 25.5 Å². The van der Waals surface area contributed by atoms with Crippen molar-refractivity contribution < 1.29 is 4.74 Å². The summed E-state index contributed by atoms with van der Waals surface area (Å²) >= 11 is 0. The van der Waals surface area contributed by atoms with Gasteiger partial charge in [-0.3, -0.25) is 0 Å². The van der Waals surface area contributed by atoms with Gasteiger partial charge in [0.1, 0.15) is 0 Å². The van der Waals surface area contributed by atoms with E-state index in [1.165, 1.54) is 0 Å². The van der Waals surface area contributed by atoms with E-state index in [1.807, 2.05) is 0 Å². The molecule has 0 radical (unpaired) electrons. The van der Waals surface area contributed by atoms with Gasteiger partial charge in [-0.1, -0.05) is 15.5 Å². The van der Waals surface area contributed by atoms with Gasteiger partial charge in [0, 0.05) is 13.1 Å². The van der Waals surface area contributed by atoms with Crippen molar-refractivity contribution in [3.05, 3.63) is 0 Å². The van der Waals surface area contributed by atoms with Crippen molar-refractivity contribution in [3.63, 3.8) is 0 Å². The van der Waals surface area contributed by atoms with E-state index < -0.39 is 0 Å². The molecule has 3 heteroatoms. The van der Waals surface area contributed by atoms with Crippen molar-refractivity contribution in [1.29, 1.82) is 0 Å². The zero-order valence-corrected chi connectivity index (χ0v) is 8.63. The van der Waals surface area contributed by atoms with Crippen LogP contribution in [-0.2, 0) is 4.74 Å². The molecule has 0 spiro atoms. The molecule has 0 aromatic rings. The van der Waals surface area contributed by atoms with Crippen molar-refractivity contribution >= 4 is 8.58 Å². The first kappa shape index (κ1) is 9.44. The SMILES string of the molecule is CCC1CN(C)CC(PC)O1. The maximum absolute atomic E-state index is 5.83. The minimum atomic E-state index is 0.478. The average molecular weight is 175 g/mol. The van der Waals surface area contributed by atoms with Crippen LogP contribution < -0.4 is 0 Å². The molecule has 0 saturated carbocycles. The Balaban J connectivity index is 2.37. The van der Waals surface area contributed by atoms with Crippen LogP contribution in [0.5, 0.6) is 0 Å². The smallest absolute Gasteiger partial charge is 0.0864 e. The highest BCUT2D eigenvalue weighted by atomic mass is 31.1. The molecular weight excluding hydrogens is 157 g/mol. The fraction of sp³-hybridized carbons (Fsp3) is 1.00. The van der Waals surface area contributed by atoms with Gasteiger partial charge in [0.15, 0.2) is 0 Å². The normalized spacial score (nSPS) is 35.2. The summed E-state index contributed by atoms with van der Waals surface area (Å²) in [6, 6.07) is 0. The molecule has 66 valence electrons. The Labute approximate surface area is 71.1 Å². The molecule has 2 nitrogen and oxygen atoms in total. The van der Waals surface area contributed by atoms with Crippen molar-refractivity contribution in [2.24, 2.45) is 0 Å². The highest BCUT2D eigenvalue weighted by Crippen LogP contribution is 2.23. The number of morpholine rings is 1. The topological polar surface area (TPSA) is 12.5 Å². The first-order chi connectivity index (χ1) is 5.26. The summed E-state index contributed by atoms with van der Waals surface area (Å²) in [4.78, 5) is 2.37. The highest BCUT2D eigenvalue weighted by molar-refractivity contribution is 7.37. The summed E-state index contributed by atoms with van der Waals surface area (Å²) in [5, 5.41) is 0. The number of hydrogen-bond donors (Lipinski definition) is 0. The quantitative estimate of drug-likeness (QED) is 0.587. The Kier molecular flexibility index (Phi) is 3.77. The lowest BCUT2D eigenvalue weighted by atomic mass is 10.2. The molecule has 1 aliphatic heterocycles. The summed E-state index contributed by atoms with van der Waals surface area (Å²) < 4.78 is 5.83. The molecule has 1 heterocycles. The molecule has 3 atom stereocenters. The molecule has 11 heavy (non-hydrogen) atoms. The monoisotopic (exact) mass is 175 g/mol. The number of hydrogen-bond acceptors (Lipinski definition) is 2. The molecule has 0 aromatic carbocycles. The predicted octanol–water partition coefficient (Wildman–Crippen LogP) is 1.36. The Morgan fingerprint density at radius 2 is 2.27 bits per heavy atom. The van der Waals surface area contributed by atoms with Gasteiger partial charge in [0.05, 0.1) is 11.9 Å². The molecule has 0 aromatic heterocycles. The second-order valence-electron chi connectivity index (χ2n) is 3.16. The molecule has 1 saturated heterocycles. The molecule has 0 aliphatic carbocycles. The molecule has 1 fully saturated rings. The molecule has 3 unspecified atom stereocenters. The van der Waals surface area contributed by atoms with Gasteiger partial charge in [-0.15, -0.1) is 0 Å². The van der Waals surface area contributed by atoms with Gasteiger partial charge >= 0.3 is 0 Å². The van der Waals surface area contributed by atoms with Crippen molar-refractivity contribution in [2.75, 3.05) is 26.8 Å². The van der Waals surface area contributed by atoms with Crippen molar-refractivity contribution in [1.82, 2.24) is 4.90 Å². The van der Waals surface area contributed by atoms with Crippen LogP contribution in [-0.4, -0.2) is 43.7 Å². The lowest BCUT2D eigenvalue weighted by molar-refractivity contribution is -0.0398. The Morgan fingerprint density at radius 1 is 1.55 bits per heavy atom. The average Bonchev–Trinajstić information content (AvgIpc) is 2.03. The van der Waals surface area contributed by atoms with Gasteiger partial charge in [0.2, 0.25) is 0 Å². The molecule has 1 rings (SSSR count). The lowest BCUT2D eigenvalue weighted by Crippen LogP contribution is -2.43. The maximum atomic E-state index is 5.83. The van der Waals surface area contributed by atoms with E-state index in [4.69, 9.17) is 4.74 Å². The second kappa shape index (κ2) is 4.39. The Morgan fingerprint density at radius 3 is 2.82 bits per heavy atom. The standard InChI is InChI=1S/C8H18NOP/c1-4-7-5-9(2)6-8(10-7)11-3/h7-8,11H,4-6H2,1-3H3. The van der Waals surface area contributed by atoms with Crippen LogP contribution in [0.1, 0.15) is 13.3 Å². The molecule has 0 amide bonds. The first-order valence-corrected chi connectivity index (χ1v) is 5.85. The summed E-state index contributed by atoms with van der Waals surface area (Å²) in [6.45, 7) is 6.64. The third kappa shape index (κ3) is 2.70. The number of rotatable bonds is 2. The summed E-state index contributed by atoms with van der Waals surface area (Å²) in [5.74, 6) is 0.499. The Hall–Kier alpha value is 0.350. The molecule has 0 bridgehead atoms. The Bertz CT molecular complexity index is 109. The first-order valence-electron chi connectivity index (χ1n) is 4.27. The van der Waals surface area contributed by atoms with E-state index in [0.29, 0.717) is 11.9 Å². The van der Waals surface area contributed by atoms with Crippen LogP contribution in [0.2, 0.25) is 0 Å². The fourth-order valence-electron chi connectivity index (χ4n) is 1.41. The van der Waals surface area contributed by atoms with Gasteiger partial charge in [-0.05, 0) is 20.1 Å². The third-order valence-corrected chi connectivity index (χ3v) is 3.09. The minimum absolute atomic E-state index is 0.478. The number of likely N-dealkylation sites (N-methyl/N-ethyl adjacent to an activating group) is 1. The molecular formula is C8H18NOP. The zero-order chi connectivity index (χ0) is 8.27.